The molecule has 0 heterocycles. The number of hydrogen-bond donors (Lipinski definition) is 1. The summed E-state index contributed by atoms with van der Waals surface area (Å²) in [5.74, 6) is 0.0375. The molecule has 5 heteroatoms. The highest BCUT2D eigenvalue weighted by Crippen LogP contribution is 2.19. The quantitative estimate of drug-likeness (QED) is 0.810. The summed E-state index contributed by atoms with van der Waals surface area (Å²) in [5.41, 5.74) is 3.20. The molecule has 0 aliphatic rings. The minimum Gasteiger partial charge on any atom is -0.481 e. The van der Waals surface area contributed by atoms with E-state index >= 15 is 0 Å². The zero-order valence-corrected chi connectivity index (χ0v) is 15.0. The third kappa shape index (κ3) is 5.08. The molecule has 2 aromatic carbocycles. The van der Waals surface area contributed by atoms with Crippen molar-refractivity contribution in [1.82, 2.24) is 0 Å². The van der Waals surface area contributed by atoms with E-state index in [0.29, 0.717) is 23.4 Å². The standard InChI is InChI=1S/C20H23NO4/c1-5-18(25-17-11-13(2)10-14(3)12-17)19(22)21-16-8-6-15(7-9-16)20(23)24-4/h6-12,18H,5H2,1-4H3,(H,21,22)/t18-/m1/s1. The van der Waals surface area contributed by atoms with Crippen molar-refractivity contribution in [2.24, 2.45) is 0 Å². The molecule has 132 valence electrons. The van der Waals surface area contributed by atoms with Crippen molar-refractivity contribution in [3.05, 3.63) is 59.2 Å². The molecule has 5 nitrogen and oxygen atoms in total. The van der Waals surface area contributed by atoms with Gasteiger partial charge in [-0.05, 0) is 67.8 Å². The molecule has 0 bridgehead atoms. The molecule has 0 aromatic heterocycles. The van der Waals surface area contributed by atoms with Crippen molar-refractivity contribution in [2.75, 3.05) is 12.4 Å². The summed E-state index contributed by atoms with van der Waals surface area (Å²) in [5, 5.41) is 2.81. The third-order valence-electron chi connectivity index (χ3n) is 3.71. The first kappa shape index (κ1) is 18.5. The summed E-state index contributed by atoms with van der Waals surface area (Å²) < 4.78 is 10.5. The van der Waals surface area contributed by atoms with Crippen LogP contribution in [0.15, 0.2) is 42.5 Å². The molecule has 25 heavy (non-hydrogen) atoms. The molecular formula is C20H23NO4. The molecule has 0 unspecified atom stereocenters. The van der Waals surface area contributed by atoms with E-state index in [1.54, 1.807) is 24.3 Å². The lowest BCUT2D eigenvalue weighted by Crippen LogP contribution is -2.32. The van der Waals surface area contributed by atoms with Crippen LogP contribution in [0.1, 0.15) is 34.8 Å². The van der Waals surface area contributed by atoms with Crippen molar-refractivity contribution in [3.63, 3.8) is 0 Å². The number of methoxy groups -OCH3 is 1. The second-order valence-corrected chi connectivity index (χ2v) is 5.90. The second kappa shape index (κ2) is 8.33. The van der Waals surface area contributed by atoms with Crippen LogP contribution in [0, 0.1) is 13.8 Å². The smallest absolute Gasteiger partial charge is 0.337 e. The Labute approximate surface area is 148 Å². The minimum absolute atomic E-state index is 0.229. The maximum absolute atomic E-state index is 12.5. The van der Waals surface area contributed by atoms with E-state index in [2.05, 4.69) is 16.1 Å². The van der Waals surface area contributed by atoms with Crippen LogP contribution in [0.25, 0.3) is 0 Å². The Bertz CT molecular complexity index is 733. The zero-order valence-electron chi connectivity index (χ0n) is 15.0. The van der Waals surface area contributed by atoms with E-state index < -0.39 is 12.1 Å². The van der Waals surface area contributed by atoms with E-state index in [0.717, 1.165) is 11.1 Å². The number of benzene rings is 2. The number of aryl methyl sites for hydroxylation is 2. The first-order chi connectivity index (χ1) is 11.9. The number of carbonyl (C=O) groups excluding carboxylic acids is 2. The topological polar surface area (TPSA) is 64.6 Å². The number of ether oxygens (including phenoxy) is 2. The fourth-order valence-corrected chi connectivity index (χ4v) is 2.52. The Morgan fingerprint density at radius 1 is 1.04 bits per heavy atom. The fourth-order valence-electron chi connectivity index (χ4n) is 2.52. The van der Waals surface area contributed by atoms with Crippen LogP contribution in [0.4, 0.5) is 5.69 Å². The summed E-state index contributed by atoms with van der Waals surface area (Å²) >= 11 is 0. The van der Waals surface area contributed by atoms with Gasteiger partial charge in [0.05, 0.1) is 12.7 Å². The van der Waals surface area contributed by atoms with Gasteiger partial charge in [0, 0.05) is 5.69 Å². The molecule has 0 radical (unpaired) electrons. The van der Waals surface area contributed by atoms with Gasteiger partial charge in [-0.2, -0.15) is 0 Å². The SMILES string of the molecule is CC[C@@H](Oc1cc(C)cc(C)c1)C(=O)Nc1ccc(C(=O)OC)cc1. The number of hydrogen-bond acceptors (Lipinski definition) is 4. The van der Waals surface area contributed by atoms with E-state index in [4.69, 9.17) is 4.74 Å². The Morgan fingerprint density at radius 2 is 1.64 bits per heavy atom. The van der Waals surface area contributed by atoms with Crippen molar-refractivity contribution >= 4 is 17.6 Å². The highest BCUT2D eigenvalue weighted by Gasteiger charge is 2.19. The van der Waals surface area contributed by atoms with Gasteiger partial charge in [-0.3, -0.25) is 4.79 Å². The van der Waals surface area contributed by atoms with Crippen LogP contribution in [0.2, 0.25) is 0 Å². The maximum Gasteiger partial charge on any atom is 0.337 e. The number of nitrogens with one attached hydrogen (secondary N) is 1. The lowest BCUT2D eigenvalue weighted by Gasteiger charge is -2.18. The van der Waals surface area contributed by atoms with Crippen LogP contribution in [-0.4, -0.2) is 25.1 Å². The normalized spacial score (nSPS) is 11.5. The van der Waals surface area contributed by atoms with Crippen LogP contribution in [-0.2, 0) is 9.53 Å². The monoisotopic (exact) mass is 341 g/mol. The maximum atomic E-state index is 12.5. The van der Waals surface area contributed by atoms with Crippen LogP contribution in [0.3, 0.4) is 0 Å². The van der Waals surface area contributed by atoms with Crippen LogP contribution < -0.4 is 10.1 Å². The van der Waals surface area contributed by atoms with Gasteiger partial charge in [0.15, 0.2) is 6.10 Å². The van der Waals surface area contributed by atoms with Gasteiger partial charge < -0.3 is 14.8 Å². The lowest BCUT2D eigenvalue weighted by atomic mass is 10.1. The van der Waals surface area contributed by atoms with Gasteiger partial charge in [-0.15, -0.1) is 0 Å². The number of anilines is 1. The summed E-state index contributed by atoms with van der Waals surface area (Å²) in [6.07, 6.45) is -0.0551. The van der Waals surface area contributed by atoms with Gasteiger partial charge >= 0.3 is 5.97 Å². The zero-order chi connectivity index (χ0) is 18.4. The first-order valence-corrected chi connectivity index (χ1v) is 8.17. The van der Waals surface area contributed by atoms with Gasteiger partial charge in [0.2, 0.25) is 0 Å². The van der Waals surface area contributed by atoms with Crippen LogP contribution in [0.5, 0.6) is 5.75 Å². The van der Waals surface area contributed by atoms with Gasteiger partial charge in [-0.25, -0.2) is 4.79 Å². The van der Waals surface area contributed by atoms with E-state index in [9.17, 15) is 9.59 Å². The molecule has 2 rings (SSSR count). The molecule has 0 saturated heterocycles. The predicted molar refractivity (Wildman–Crippen MR) is 97.0 cm³/mol. The molecule has 0 aliphatic carbocycles. The number of carbonyl (C=O) groups is 2. The second-order valence-electron chi connectivity index (χ2n) is 5.90. The summed E-state index contributed by atoms with van der Waals surface area (Å²) in [6.45, 7) is 5.88. The molecule has 0 aliphatic heterocycles. The molecule has 0 saturated carbocycles. The van der Waals surface area contributed by atoms with Gasteiger partial charge in [0.1, 0.15) is 5.75 Å². The Hall–Kier alpha value is -2.82. The number of amides is 1. The van der Waals surface area contributed by atoms with Crippen molar-refractivity contribution in [1.29, 1.82) is 0 Å². The van der Waals surface area contributed by atoms with Crippen molar-refractivity contribution in [3.8, 4) is 5.75 Å². The first-order valence-electron chi connectivity index (χ1n) is 8.17. The number of rotatable bonds is 6. The molecule has 2 aromatic rings. The van der Waals surface area contributed by atoms with Crippen LogP contribution >= 0.6 is 0 Å². The van der Waals surface area contributed by atoms with Gasteiger partial charge in [-0.1, -0.05) is 13.0 Å². The molecule has 1 atom stereocenters. The van der Waals surface area contributed by atoms with Crippen molar-refractivity contribution < 1.29 is 19.1 Å². The molecule has 1 amide bonds. The lowest BCUT2D eigenvalue weighted by molar-refractivity contribution is -0.122. The van der Waals surface area contributed by atoms with E-state index in [-0.39, 0.29) is 5.91 Å². The third-order valence-corrected chi connectivity index (χ3v) is 3.71. The minimum atomic E-state index is -0.596. The average molecular weight is 341 g/mol. The molecule has 0 spiro atoms. The Balaban J connectivity index is 2.05. The average Bonchev–Trinajstić information content (AvgIpc) is 2.58. The van der Waals surface area contributed by atoms with Gasteiger partial charge in [0.25, 0.3) is 5.91 Å². The highest BCUT2D eigenvalue weighted by molar-refractivity contribution is 5.95. The van der Waals surface area contributed by atoms with E-state index in [1.807, 2.05) is 32.9 Å². The fraction of sp³-hybridized carbons (Fsp3) is 0.300. The summed E-state index contributed by atoms with van der Waals surface area (Å²) in [6, 6.07) is 12.4. The molecule has 0 fully saturated rings. The Morgan fingerprint density at radius 3 is 2.16 bits per heavy atom. The predicted octanol–water partition coefficient (Wildman–Crippen LogP) is 3.89. The number of esters is 1. The summed E-state index contributed by atoms with van der Waals surface area (Å²) in [4.78, 5) is 23.9. The van der Waals surface area contributed by atoms with E-state index in [1.165, 1.54) is 7.11 Å². The summed E-state index contributed by atoms with van der Waals surface area (Å²) in [7, 11) is 1.33. The largest absolute Gasteiger partial charge is 0.481 e. The molecule has 1 N–H and O–H groups in total. The molecular weight excluding hydrogens is 318 g/mol. The van der Waals surface area contributed by atoms with Crippen molar-refractivity contribution in [2.45, 2.75) is 33.3 Å². The Kier molecular flexibility index (Phi) is 6.17. The highest BCUT2D eigenvalue weighted by atomic mass is 16.5.